The number of hydrogen-bond acceptors (Lipinski definition) is 8. The summed E-state index contributed by atoms with van der Waals surface area (Å²) in [6, 6.07) is 7.48. The van der Waals surface area contributed by atoms with Crippen LogP contribution >= 0.6 is 22.9 Å². The number of carbonyl (C=O) groups excluding carboxylic acids is 2. The Balaban J connectivity index is 2.04. The normalized spacial score (nSPS) is 10.8. The molecule has 0 amide bonds. The van der Waals surface area contributed by atoms with Gasteiger partial charge in [0.2, 0.25) is 0 Å². The van der Waals surface area contributed by atoms with Crippen molar-refractivity contribution in [2.24, 2.45) is 0 Å². The highest BCUT2D eigenvalue weighted by atomic mass is 35.5. The Hall–Kier alpha value is -2.71. The molecule has 3 rings (SSSR count). The van der Waals surface area contributed by atoms with Gasteiger partial charge >= 0.3 is 11.9 Å². The number of halogens is 1. The molecule has 152 valence electrons. The second-order valence-electron chi connectivity index (χ2n) is 6.14. The summed E-state index contributed by atoms with van der Waals surface area (Å²) in [5, 5.41) is 4.62. The molecular formula is C20H20ClN3O4S. The standard InChI is InChI=1S/C20H20ClN3O4S/c1-4-28-20(26)17-11(2)16-18(22-10-12-7-5-6-8-13(12)21)23-14(9-15(25)27-3)24-19(16)29-17/h5-8H,4,9-10H2,1-3H3,(H,22,23,24). The highest BCUT2D eigenvalue weighted by Crippen LogP contribution is 2.35. The Kier molecular flexibility index (Phi) is 6.66. The minimum absolute atomic E-state index is 0.0705. The maximum Gasteiger partial charge on any atom is 0.348 e. The number of nitrogens with zero attached hydrogens (tertiary/aromatic N) is 2. The summed E-state index contributed by atoms with van der Waals surface area (Å²) >= 11 is 7.46. The molecule has 0 aliphatic carbocycles. The van der Waals surface area contributed by atoms with E-state index in [1.54, 1.807) is 6.92 Å². The van der Waals surface area contributed by atoms with Gasteiger partial charge in [-0.05, 0) is 31.0 Å². The Bertz CT molecular complexity index is 1070. The number of carbonyl (C=O) groups is 2. The Labute approximate surface area is 177 Å². The fourth-order valence-corrected chi connectivity index (χ4v) is 4.10. The number of methoxy groups -OCH3 is 1. The lowest BCUT2D eigenvalue weighted by molar-refractivity contribution is -0.139. The summed E-state index contributed by atoms with van der Waals surface area (Å²) in [4.78, 5) is 34.0. The quantitative estimate of drug-likeness (QED) is 0.559. The molecule has 0 bridgehead atoms. The molecular weight excluding hydrogens is 414 g/mol. The molecule has 7 nitrogen and oxygen atoms in total. The molecule has 1 N–H and O–H groups in total. The number of anilines is 1. The van der Waals surface area contributed by atoms with E-state index in [1.165, 1.54) is 18.4 Å². The minimum atomic E-state index is -0.444. The molecule has 0 atom stereocenters. The van der Waals surface area contributed by atoms with Gasteiger partial charge in [0.1, 0.15) is 27.8 Å². The maximum atomic E-state index is 12.3. The van der Waals surface area contributed by atoms with Gasteiger partial charge < -0.3 is 14.8 Å². The van der Waals surface area contributed by atoms with Crippen LogP contribution in [0.3, 0.4) is 0 Å². The zero-order valence-corrected chi connectivity index (χ0v) is 17.8. The monoisotopic (exact) mass is 433 g/mol. The number of hydrogen-bond donors (Lipinski definition) is 1. The lowest BCUT2D eigenvalue weighted by Gasteiger charge is -2.10. The topological polar surface area (TPSA) is 90.4 Å². The SMILES string of the molecule is CCOC(=O)c1sc2nc(CC(=O)OC)nc(NCc3ccccc3Cl)c2c1C. The van der Waals surface area contributed by atoms with Crippen molar-refractivity contribution in [1.29, 1.82) is 0 Å². The Morgan fingerprint density at radius 2 is 2.00 bits per heavy atom. The van der Waals surface area contributed by atoms with E-state index in [0.29, 0.717) is 32.9 Å². The number of aryl methyl sites for hydroxylation is 1. The van der Waals surface area contributed by atoms with E-state index in [9.17, 15) is 9.59 Å². The van der Waals surface area contributed by atoms with E-state index in [2.05, 4.69) is 15.3 Å². The van der Waals surface area contributed by atoms with Gasteiger partial charge in [-0.25, -0.2) is 14.8 Å². The predicted octanol–water partition coefficient (Wildman–Crippen LogP) is 4.16. The average Bonchev–Trinajstić information content (AvgIpc) is 3.04. The van der Waals surface area contributed by atoms with Gasteiger partial charge in [-0.2, -0.15) is 0 Å². The van der Waals surface area contributed by atoms with Crippen LogP contribution in [0.1, 0.15) is 33.5 Å². The third kappa shape index (κ3) is 4.65. The Morgan fingerprint density at radius 3 is 2.69 bits per heavy atom. The number of esters is 2. The summed E-state index contributed by atoms with van der Waals surface area (Å²) in [6.45, 7) is 4.29. The van der Waals surface area contributed by atoms with Crippen molar-refractivity contribution in [1.82, 2.24) is 9.97 Å². The van der Waals surface area contributed by atoms with Crippen molar-refractivity contribution in [3.63, 3.8) is 0 Å². The molecule has 1 aromatic carbocycles. The average molecular weight is 434 g/mol. The molecule has 0 aliphatic heterocycles. The lowest BCUT2D eigenvalue weighted by Crippen LogP contribution is -2.10. The smallest absolute Gasteiger partial charge is 0.348 e. The molecule has 0 fully saturated rings. The molecule has 0 unspecified atom stereocenters. The van der Waals surface area contributed by atoms with Crippen LogP contribution in [0.5, 0.6) is 0 Å². The molecule has 0 spiro atoms. The third-order valence-electron chi connectivity index (χ3n) is 4.23. The molecule has 29 heavy (non-hydrogen) atoms. The van der Waals surface area contributed by atoms with Gasteiger partial charge in [-0.15, -0.1) is 11.3 Å². The summed E-state index contributed by atoms with van der Waals surface area (Å²) < 4.78 is 9.87. The molecule has 9 heteroatoms. The van der Waals surface area contributed by atoms with Crippen LogP contribution in [-0.4, -0.2) is 35.6 Å². The van der Waals surface area contributed by atoms with Crippen molar-refractivity contribution in [2.45, 2.75) is 26.8 Å². The van der Waals surface area contributed by atoms with Crippen LogP contribution in [0, 0.1) is 6.92 Å². The fourth-order valence-electron chi connectivity index (χ4n) is 2.80. The van der Waals surface area contributed by atoms with Gasteiger partial charge in [0.15, 0.2) is 0 Å². The highest BCUT2D eigenvalue weighted by molar-refractivity contribution is 7.20. The number of ether oxygens (including phenoxy) is 2. The van der Waals surface area contributed by atoms with Crippen LogP contribution in [0.2, 0.25) is 5.02 Å². The lowest BCUT2D eigenvalue weighted by atomic mass is 10.2. The molecule has 2 aromatic heterocycles. The largest absolute Gasteiger partial charge is 0.469 e. The fraction of sp³-hybridized carbons (Fsp3) is 0.300. The van der Waals surface area contributed by atoms with Crippen LogP contribution in [-0.2, 0) is 27.2 Å². The molecule has 3 aromatic rings. The molecule has 0 aliphatic rings. The summed E-state index contributed by atoms with van der Waals surface area (Å²) in [5.41, 5.74) is 1.63. The first-order chi connectivity index (χ1) is 13.9. The van der Waals surface area contributed by atoms with E-state index in [0.717, 1.165) is 16.5 Å². The van der Waals surface area contributed by atoms with E-state index in [4.69, 9.17) is 21.1 Å². The number of nitrogens with one attached hydrogen (secondary N) is 1. The number of aromatic nitrogens is 2. The molecule has 0 saturated carbocycles. The zero-order valence-electron chi connectivity index (χ0n) is 16.2. The number of fused-ring (bicyclic) bond motifs is 1. The van der Waals surface area contributed by atoms with Crippen molar-refractivity contribution in [3.05, 3.63) is 51.1 Å². The van der Waals surface area contributed by atoms with Crippen molar-refractivity contribution >= 4 is 50.9 Å². The second kappa shape index (κ2) is 9.19. The zero-order chi connectivity index (χ0) is 21.0. The summed E-state index contributed by atoms with van der Waals surface area (Å²) in [5.74, 6) is -0.0133. The number of rotatable bonds is 7. The van der Waals surface area contributed by atoms with E-state index < -0.39 is 11.9 Å². The van der Waals surface area contributed by atoms with Crippen molar-refractivity contribution < 1.29 is 19.1 Å². The molecule has 2 heterocycles. The van der Waals surface area contributed by atoms with Gasteiger partial charge in [0.05, 0.1) is 19.1 Å². The third-order valence-corrected chi connectivity index (χ3v) is 5.77. The van der Waals surface area contributed by atoms with Gasteiger partial charge in [0.25, 0.3) is 0 Å². The Morgan fingerprint density at radius 1 is 1.24 bits per heavy atom. The number of thiophene rings is 1. The van der Waals surface area contributed by atoms with Crippen LogP contribution in [0.15, 0.2) is 24.3 Å². The van der Waals surface area contributed by atoms with Crippen LogP contribution < -0.4 is 5.32 Å². The van der Waals surface area contributed by atoms with Crippen LogP contribution in [0.25, 0.3) is 10.2 Å². The van der Waals surface area contributed by atoms with Crippen molar-refractivity contribution in [3.8, 4) is 0 Å². The first-order valence-corrected chi connectivity index (χ1v) is 10.1. The van der Waals surface area contributed by atoms with Crippen LogP contribution in [0.4, 0.5) is 5.82 Å². The minimum Gasteiger partial charge on any atom is -0.469 e. The maximum absolute atomic E-state index is 12.3. The first-order valence-electron chi connectivity index (χ1n) is 8.95. The van der Waals surface area contributed by atoms with Gasteiger partial charge in [-0.1, -0.05) is 29.8 Å². The highest BCUT2D eigenvalue weighted by Gasteiger charge is 2.22. The second-order valence-corrected chi connectivity index (χ2v) is 7.55. The van der Waals surface area contributed by atoms with Crippen molar-refractivity contribution in [2.75, 3.05) is 19.0 Å². The van der Waals surface area contributed by atoms with E-state index in [1.807, 2.05) is 31.2 Å². The predicted molar refractivity (Wildman–Crippen MR) is 113 cm³/mol. The summed E-state index contributed by atoms with van der Waals surface area (Å²) in [6.07, 6.45) is -0.0705. The molecule has 0 radical (unpaired) electrons. The molecule has 0 saturated heterocycles. The van der Waals surface area contributed by atoms with E-state index in [-0.39, 0.29) is 13.0 Å². The summed E-state index contributed by atoms with van der Waals surface area (Å²) in [7, 11) is 1.31. The number of benzene rings is 1. The van der Waals surface area contributed by atoms with Gasteiger partial charge in [-0.3, -0.25) is 4.79 Å². The van der Waals surface area contributed by atoms with E-state index >= 15 is 0 Å². The first kappa shape index (κ1) is 21.0. The van der Waals surface area contributed by atoms with Gasteiger partial charge in [0, 0.05) is 11.6 Å².